The van der Waals surface area contributed by atoms with Crippen LogP contribution in [0.25, 0.3) is 16.8 Å². The lowest BCUT2D eigenvalue weighted by molar-refractivity contribution is -0.145. The SMILES string of the molecule is CC(C)COC(=O)C1SC2=C(c3ccc(-c4cn[nH]c4)cc3OCC2)N1C(N)=O. The Labute approximate surface area is 172 Å². The Bertz CT molecular complexity index is 971. The van der Waals surface area contributed by atoms with Gasteiger partial charge in [0.15, 0.2) is 5.37 Å². The number of hydrogen-bond donors (Lipinski definition) is 2. The van der Waals surface area contributed by atoms with Crippen molar-refractivity contribution < 1.29 is 19.1 Å². The van der Waals surface area contributed by atoms with Crippen molar-refractivity contribution in [2.24, 2.45) is 11.7 Å². The van der Waals surface area contributed by atoms with Gasteiger partial charge >= 0.3 is 12.0 Å². The van der Waals surface area contributed by atoms with E-state index in [2.05, 4.69) is 10.2 Å². The molecule has 2 amide bonds. The van der Waals surface area contributed by atoms with Gasteiger partial charge in [-0.15, -0.1) is 0 Å². The Morgan fingerprint density at radius 3 is 2.93 bits per heavy atom. The fourth-order valence-electron chi connectivity index (χ4n) is 3.33. The van der Waals surface area contributed by atoms with Crippen molar-refractivity contribution in [1.29, 1.82) is 0 Å². The summed E-state index contributed by atoms with van der Waals surface area (Å²) in [5.74, 6) is 0.374. The smallest absolute Gasteiger partial charge is 0.340 e. The zero-order valence-electron chi connectivity index (χ0n) is 16.2. The maximum absolute atomic E-state index is 12.7. The molecule has 3 heterocycles. The minimum Gasteiger partial charge on any atom is -0.492 e. The molecule has 0 radical (unpaired) electrons. The zero-order valence-corrected chi connectivity index (χ0v) is 17.0. The summed E-state index contributed by atoms with van der Waals surface area (Å²) in [5.41, 5.74) is 8.90. The number of nitrogens with two attached hydrogens (primary N) is 1. The van der Waals surface area contributed by atoms with E-state index in [0.717, 1.165) is 21.6 Å². The predicted molar refractivity (Wildman–Crippen MR) is 110 cm³/mol. The largest absolute Gasteiger partial charge is 0.492 e. The molecule has 0 spiro atoms. The fraction of sp³-hybridized carbons (Fsp3) is 0.350. The van der Waals surface area contributed by atoms with Crippen LogP contribution in [0.2, 0.25) is 0 Å². The first-order valence-corrected chi connectivity index (χ1v) is 10.2. The van der Waals surface area contributed by atoms with Gasteiger partial charge in [0.25, 0.3) is 0 Å². The topological polar surface area (TPSA) is 111 Å². The quantitative estimate of drug-likeness (QED) is 0.744. The van der Waals surface area contributed by atoms with E-state index in [0.29, 0.717) is 31.1 Å². The van der Waals surface area contributed by atoms with E-state index in [1.165, 1.54) is 16.7 Å². The monoisotopic (exact) mass is 414 g/mol. The van der Waals surface area contributed by atoms with E-state index >= 15 is 0 Å². The number of carbonyl (C=O) groups excluding carboxylic acids is 2. The normalized spacial score (nSPS) is 18.2. The lowest BCUT2D eigenvalue weighted by atomic mass is 10.0. The number of ether oxygens (including phenoxy) is 2. The molecule has 9 heteroatoms. The number of hydrogen-bond acceptors (Lipinski definition) is 6. The summed E-state index contributed by atoms with van der Waals surface area (Å²) in [6, 6.07) is 5.03. The van der Waals surface area contributed by atoms with E-state index in [9.17, 15) is 9.59 Å². The Hall–Kier alpha value is -2.94. The second-order valence-corrected chi connectivity index (χ2v) is 8.45. The summed E-state index contributed by atoms with van der Waals surface area (Å²) >= 11 is 1.30. The van der Waals surface area contributed by atoms with Crippen LogP contribution in [0, 0.1) is 5.92 Å². The predicted octanol–water partition coefficient (Wildman–Crippen LogP) is 3.18. The number of amides is 2. The first kappa shape index (κ1) is 19.4. The molecule has 1 aromatic heterocycles. The van der Waals surface area contributed by atoms with Crippen LogP contribution in [-0.2, 0) is 9.53 Å². The molecule has 29 heavy (non-hydrogen) atoms. The third-order valence-electron chi connectivity index (χ3n) is 4.65. The number of fused-ring (bicyclic) bond motifs is 2. The van der Waals surface area contributed by atoms with Crippen LogP contribution >= 0.6 is 11.8 Å². The van der Waals surface area contributed by atoms with Gasteiger partial charge in [-0.05, 0) is 23.6 Å². The van der Waals surface area contributed by atoms with Crippen LogP contribution < -0.4 is 10.5 Å². The summed E-state index contributed by atoms with van der Waals surface area (Å²) in [5, 5.41) is 5.95. The van der Waals surface area contributed by atoms with E-state index in [1.807, 2.05) is 32.0 Å². The van der Waals surface area contributed by atoms with Gasteiger partial charge in [-0.3, -0.25) is 10.00 Å². The Kier molecular flexibility index (Phi) is 5.23. The van der Waals surface area contributed by atoms with Crippen molar-refractivity contribution in [3.63, 3.8) is 0 Å². The van der Waals surface area contributed by atoms with Crippen molar-refractivity contribution in [3.05, 3.63) is 41.1 Å². The summed E-state index contributed by atoms with van der Waals surface area (Å²) in [6.07, 6.45) is 4.10. The van der Waals surface area contributed by atoms with Crippen LogP contribution in [-0.4, -0.2) is 45.7 Å². The molecule has 0 bridgehead atoms. The number of benzene rings is 1. The second-order valence-electron chi connectivity index (χ2n) is 7.27. The molecule has 1 aromatic carbocycles. The number of carbonyl (C=O) groups is 2. The van der Waals surface area contributed by atoms with Crippen LogP contribution in [0.3, 0.4) is 0 Å². The Morgan fingerprint density at radius 1 is 1.41 bits per heavy atom. The maximum atomic E-state index is 12.7. The van der Waals surface area contributed by atoms with Gasteiger partial charge in [0, 0.05) is 28.6 Å². The highest BCUT2D eigenvalue weighted by molar-refractivity contribution is 8.04. The second kappa shape index (κ2) is 7.82. The number of thioether (sulfide) groups is 1. The third-order valence-corrected chi connectivity index (χ3v) is 5.95. The van der Waals surface area contributed by atoms with Crippen LogP contribution in [0.4, 0.5) is 4.79 Å². The van der Waals surface area contributed by atoms with Crippen molar-refractivity contribution in [1.82, 2.24) is 15.1 Å². The number of aromatic amines is 1. The molecule has 3 N–H and O–H groups in total. The minimum absolute atomic E-state index is 0.202. The third kappa shape index (κ3) is 3.69. The highest BCUT2D eigenvalue weighted by Gasteiger charge is 2.43. The number of nitrogens with zero attached hydrogens (tertiary/aromatic N) is 2. The molecule has 2 aliphatic heterocycles. The van der Waals surface area contributed by atoms with Crippen LogP contribution in [0.5, 0.6) is 5.75 Å². The highest BCUT2D eigenvalue weighted by Crippen LogP contribution is 2.49. The molecule has 2 aromatic rings. The number of esters is 1. The molecule has 0 saturated heterocycles. The molecular formula is C20H22N4O4S. The Morgan fingerprint density at radius 2 is 2.24 bits per heavy atom. The van der Waals surface area contributed by atoms with Crippen molar-refractivity contribution in [2.45, 2.75) is 25.6 Å². The van der Waals surface area contributed by atoms with Crippen molar-refractivity contribution in [2.75, 3.05) is 13.2 Å². The summed E-state index contributed by atoms with van der Waals surface area (Å²) < 4.78 is 11.3. The van der Waals surface area contributed by atoms with E-state index < -0.39 is 17.4 Å². The molecule has 152 valence electrons. The minimum atomic E-state index is -0.823. The van der Waals surface area contributed by atoms with Gasteiger partial charge in [0.1, 0.15) is 5.75 Å². The number of urea groups is 1. The van der Waals surface area contributed by atoms with Crippen LogP contribution in [0.15, 0.2) is 35.5 Å². The van der Waals surface area contributed by atoms with Crippen molar-refractivity contribution in [3.8, 4) is 16.9 Å². The first-order valence-electron chi connectivity index (χ1n) is 9.37. The molecule has 0 aliphatic carbocycles. The molecule has 0 saturated carbocycles. The first-order chi connectivity index (χ1) is 14.0. The van der Waals surface area contributed by atoms with Gasteiger partial charge in [-0.25, -0.2) is 9.59 Å². The standard InChI is InChI=1S/C20H22N4O4S/c1-11(2)10-28-19(25)18-24(20(21)26)17-14-4-3-12(13-8-22-23-9-13)7-15(14)27-6-5-16(17)29-18/h3-4,7-9,11,18H,5-6,10H2,1-2H3,(H2,21,26)(H,22,23). The average Bonchev–Trinajstić information content (AvgIpc) is 3.31. The number of aromatic nitrogens is 2. The molecule has 0 fully saturated rings. The lowest BCUT2D eigenvalue weighted by Crippen LogP contribution is -2.43. The number of primary amides is 1. The zero-order chi connectivity index (χ0) is 20.5. The number of H-pyrrole nitrogens is 1. The summed E-state index contributed by atoms with van der Waals surface area (Å²) in [7, 11) is 0. The summed E-state index contributed by atoms with van der Waals surface area (Å²) in [4.78, 5) is 27.2. The highest BCUT2D eigenvalue weighted by atomic mass is 32.2. The maximum Gasteiger partial charge on any atom is 0.340 e. The summed E-state index contributed by atoms with van der Waals surface area (Å²) in [6.45, 7) is 4.65. The molecule has 1 atom stereocenters. The lowest BCUT2D eigenvalue weighted by Gasteiger charge is -2.25. The van der Waals surface area contributed by atoms with E-state index in [4.69, 9.17) is 15.2 Å². The van der Waals surface area contributed by atoms with Gasteiger partial charge in [-0.2, -0.15) is 5.10 Å². The molecular weight excluding hydrogens is 392 g/mol. The van der Waals surface area contributed by atoms with Crippen molar-refractivity contribution >= 4 is 29.5 Å². The van der Waals surface area contributed by atoms with Crippen LogP contribution in [0.1, 0.15) is 25.8 Å². The number of nitrogens with one attached hydrogen (secondary N) is 1. The molecule has 1 unspecified atom stereocenters. The average molecular weight is 414 g/mol. The molecule has 4 rings (SSSR count). The molecule has 2 aliphatic rings. The number of rotatable bonds is 4. The van der Waals surface area contributed by atoms with Gasteiger partial charge < -0.3 is 15.2 Å². The Balaban J connectivity index is 1.70. The van der Waals surface area contributed by atoms with Gasteiger partial charge in [0.05, 0.1) is 25.1 Å². The van der Waals surface area contributed by atoms with E-state index in [1.54, 1.807) is 12.4 Å². The fourth-order valence-corrected chi connectivity index (χ4v) is 4.60. The van der Waals surface area contributed by atoms with Gasteiger partial charge in [0.2, 0.25) is 0 Å². The van der Waals surface area contributed by atoms with E-state index in [-0.39, 0.29) is 5.92 Å². The van der Waals surface area contributed by atoms with Gasteiger partial charge in [-0.1, -0.05) is 31.7 Å². The molecule has 8 nitrogen and oxygen atoms in total.